The number of benzene rings is 1. The summed E-state index contributed by atoms with van der Waals surface area (Å²) in [4.78, 5) is 0. The molecule has 1 aromatic carbocycles. The molecule has 0 aliphatic carbocycles. The highest BCUT2D eigenvalue weighted by atomic mass is 16.5. The zero-order chi connectivity index (χ0) is 15.6. The third-order valence-corrected chi connectivity index (χ3v) is 4.06. The number of aliphatic hydroxyl groups excluding tert-OH is 1. The molecule has 0 bridgehead atoms. The summed E-state index contributed by atoms with van der Waals surface area (Å²) >= 11 is 0. The highest BCUT2D eigenvalue weighted by Gasteiger charge is 2.25. The van der Waals surface area contributed by atoms with Crippen molar-refractivity contribution in [3.63, 3.8) is 0 Å². The van der Waals surface area contributed by atoms with Gasteiger partial charge >= 0.3 is 0 Å². The molecule has 0 saturated heterocycles. The van der Waals surface area contributed by atoms with Gasteiger partial charge in [0, 0.05) is 5.54 Å². The van der Waals surface area contributed by atoms with Gasteiger partial charge in [0.15, 0.2) is 0 Å². The lowest BCUT2D eigenvalue weighted by molar-refractivity contribution is 0.139. The van der Waals surface area contributed by atoms with Gasteiger partial charge < -0.3 is 15.2 Å². The Kier molecular flexibility index (Phi) is 8.40. The summed E-state index contributed by atoms with van der Waals surface area (Å²) in [6.45, 7) is 8.15. The number of hydrogen-bond donors (Lipinski definition) is 2. The van der Waals surface area contributed by atoms with E-state index in [0.29, 0.717) is 6.61 Å². The molecule has 0 amide bonds. The quantitative estimate of drug-likeness (QED) is 0.613. The molecule has 3 nitrogen and oxygen atoms in total. The number of rotatable bonds is 11. The van der Waals surface area contributed by atoms with E-state index in [1.807, 2.05) is 0 Å². The van der Waals surface area contributed by atoms with Gasteiger partial charge in [0.2, 0.25) is 0 Å². The first-order valence-corrected chi connectivity index (χ1v) is 8.27. The molecular formula is C18H31NO2. The fraction of sp³-hybridized carbons (Fsp3) is 0.667. The van der Waals surface area contributed by atoms with Crippen LogP contribution in [0.4, 0.5) is 0 Å². The molecule has 21 heavy (non-hydrogen) atoms. The van der Waals surface area contributed by atoms with Crippen LogP contribution in [0.3, 0.4) is 0 Å². The van der Waals surface area contributed by atoms with Gasteiger partial charge in [-0.15, -0.1) is 0 Å². The maximum Gasteiger partial charge on any atom is 0.119 e. The van der Waals surface area contributed by atoms with Crippen molar-refractivity contribution in [2.75, 3.05) is 19.8 Å². The van der Waals surface area contributed by atoms with Crippen LogP contribution in [0.25, 0.3) is 0 Å². The topological polar surface area (TPSA) is 41.5 Å². The van der Waals surface area contributed by atoms with Crippen molar-refractivity contribution in [1.82, 2.24) is 5.32 Å². The third-order valence-electron chi connectivity index (χ3n) is 4.06. The molecule has 0 aliphatic heterocycles. The minimum absolute atomic E-state index is 0.150. The van der Waals surface area contributed by atoms with Crippen LogP contribution in [0.2, 0.25) is 0 Å². The lowest BCUT2D eigenvalue weighted by Crippen LogP contribution is -2.48. The number of aryl methyl sites for hydroxylation is 1. The zero-order valence-corrected chi connectivity index (χ0v) is 13.8. The van der Waals surface area contributed by atoms with Crippen molar-refractivity contribution in [2.24, 2.45) is 0 Å². The molecule has 1 aromatic rings. The van der Waals surface area contributed by atoms with Gasteiger partial charge in [-0.1, -0.05) is 39.3 Å². The molecule has 0 radical (unpaired) electrons. The maximum absolute atomic E-state index is 9.60. The van der Waals surface area contributed by atoms with E-state index in [4.69, 9.17) is 4.74 Å². The molecule has 3 heteroatoms. The van der Waals surface area contributed by atoms with Crippen molar-refractivity contribution < 1.29 is 9.84 Å². The number of ether oxygens (including phenoxy) is 1. The Morgan fingerprint density at radius 3 is 2.38 bits per heavy atom. The Labute approximate surface area is 129 Å². The second-order valence-electron chi connectivity index (χ2n) is 5.67. The molecule has 1 unspecified atom stereocenters. The molecule has 0 heterocycles. The van der Waals surface area contributed by atoms with E-state index in [1.54, 1.807) is 0 Å². The lowest BCUT2D eigenvalue weighted by atomic mass is 9.91. The Hall–Kier alpha value is -1.06. The highest BCUT2D eigenvalue weighted by molar-refractivity contribution is 5.27. The fourth-order valence-corrected chi connectivity index (χ4v) is 2.65. The molecule has 0 saturated carbocycles. The molecule has 120 valence electrons. The fourth-order valence-electron chi connectivity index (χ4n) is 2.65. The third kappa shape index (κ3) is 6.06. The van der Waals surface area contributed by atoms with Gasteiger partial charge in [0.1, 0.15) is 5.75 Å². The van der Waals surface area contributed by atoms with Crippen molar-refractivity contribution >= 4 is 0 Å². The summed E-state index contributed by atoms with van der Waals surface area (Å²) in [5.74, 6) is 0.935. The molecule has 0 aliphatic rings. The summed E-state index contributed by atoms with van der Waals surface area (Å²) in [6.07, 6.45) is 5.10. The van der Waals surface area contributed by atoms with Gasteiger partial charge in [-0.3, -0.25) is 0 Å². The first-order valence-electron chi connectivity index (χ1n) is 8.27. The van der Waals surface area contributed by atoms with Gasteiger partial charge in [-0.25, -0.2) is 0 Å². The van der Waals surface area contributed by atoms with Crippen molar-refractivity contribution in [3.8, 4) is 5.75 Å². The van der Waals surface area contributed by atoms with Crippen molar-refractivity contribution in [3.05, 3.63) is 29.8 Å². The second-order valence-corrected chi connectivity index (χ2v) is 5.67. The summed E-state index contributed by atoms with van der Waals surface area (Å²) < 4.78 is 5.79. The summed E-state index contributed by atoms with van der Waals surface area (Å²) in [5.41, 5.74) is 1.21. The van der Waals surface area contributed by atoms with Crippen LogP contribution in [0.15, 0.2) is 24.3 Å². The van der Waals surface area contributed by atoms with Crippen LogP contribution in [-0.2, 0) is 6.42 Å². The Morgan fingerprint density at radius 2 is 1.86 bits per heavy atom. The van der Waals surface area contributed by atoms with Gasteiger partial charge in [-0.2, -0.15) is 0 Å². The van der Waals surface area contributed by atoms with E-state index in [1.165, 1.54) is 12.0 Å². The predicted octanol–water partition coefficient (Wildman–Crippen LogP) is 3.55. The summed E-state index contributed by atoms with van der Waals surface area (Å²) in [6, 6.07) is 8.38. The van der Waals surface area contributed by atoms with Gasteiger partial charge in [0.05, 0.1) is 13.2 Å². The minimum Gasteiger partial charge on any atom is -0.494 e. The molecular weight excluding hydrogens is 262 g/mol. The predicted molar refractivity (Wildman–Crippen MR) is 89.0 cm³/mol. The number of likely N-dealkylation sites (N-methyl/N-ethyl adjacent to an activating group) is 1. The van der Waals surface area contributed by atoms with Crippen molar-refractivity contribution in [1.29, 1.82) is 0 Å². The average Bonchev–Trinajstić information content (AvgIpc) is 2.52. The van der Waals surface area contributed by atoms with Crippen LogP contribution in [-0.4, -0.2) is 30.4 Å². The first-order chi connectivity index (χ1) is 10.2. The molecule has 1 rings (SSSR count). The van der Waals surface area contributed by atoms with Crippen LogP contribution >= 0.6 is 0 Å². The van der Waals surface area contributed by atoms with Crippen LogP contribution in [0, 0.1) is 0 Å². The normalized spacial score (nSPS) is 13.9. The van der Waals surface area contributed by atoms with Gasteiger partial charge in [-0.05, 0) is 49.9 Å². The van der Waals surface area contributed by atoms with E-state index in [-0.39, 0.29) is 12.1 Å². The van der Waals surface area contributed by atoms with E-state index >= 15 is 0 Å². The molecule has 0 aromatic heterocycles. The van der Waals surface area contributed by atoms with E-state index < -0.39 is 0 Å². The Balaban J connectivity index is 2.35. The Morgan fingerprint density at radius 1 is 1.14 bits per heavy atom. The van der Waals surface area contributed by atoms with Crippen molar-refractivity contribution in [2.45, 2.75) is 58.4 Å². The van der Waals surface area contributed by atoms with E-state index in [0.717, 1.165) is 38.0 Å². The van der Waals surface area contributed by atoms with Crippen LogP contribution in [0.1, 0.15) is 52.0 Å². The molecule has 1 atom stereocenters. The van der Waals surface area contributed by atoms with Crippen LogP contribution in [0.5, 0.6) is 5.75 Å². The molecule has 0 spiro atoms. The Bertz CT molecular complexity index is 371. The average molecular weight is 293 g/mol. The highest BCUT2D eigenvalue weighted by Crippen LogP contribution is 2.18. The standard InChI is InChI=1S/C18H31NO2/c1-4-8-16-9-11-17(12-10-16)21-14-7-13-18(5-2,15-20)19-6-3/h9-12,19-20H,4-8,13-15H2,1-3H3. The SMILES string of the molecule is CCCc1ccc(OCCCC(CC)(CO)NCC)cc1. The number of aliphatic hydroxyl groups is 1. The van der Waals surface area contributed by atoms with Gasteiger partial charge in [0.25, 0.3) is 0 Å². The lowest BCUT2D eigenvalue weighted by Gasteiger charge is -2.31. The monoisotopic (exact) mass is 293 g/mol. The minimum atomic E-state index is -0.150. The largest absolute Gasteiger partial charge is 0.494 e. The van der Waals surface area contributed by atoms with Crippen LogP contribution < -0.4 is 10.1 Å². The zero-order valence-electron chi connectivity index (χ0n) is 13.8. The van der Waals surface area contributed by atoms with E-state index in [9.17, 15) is 5.11 Å². The summed E-state index contributed by atoms with van der Waals surface area (Å²) in [5, 5.41) is 13.0. The molecule has 2 N–H and O–H groups in total. The van der Waals surface area contributed by atoms with E-state index in [2.05, 4.69) is 50.4 Å². The second kappa shape index (κ2) is 9.80. The number of hydrogen-bond acceptors (Lipinski definition) is 3. The number of nitrogens with one attached hydrogen (secondary N) is 1. The first kappa shape index (κ1) is 18.0. The smallest absolute Gasteiger partial charge is 0.119 e. The summed E-state index contributed by atoms with van der Waals surface area (Å²) in [7, 11) is 0. The maximum atomic E-state index is 9.60. The molecule has 0 fully saturated rings.